The Balaban J connectivity index is 1.48. The molecule has 0 atom stereocenters. The van der Waals surface area contributed by atoms with E-state index in [1.165, 1.54) is 11.1 Å². The largest absolute Gasteiger partial charge is 0.490 e. The number of carbonyl (C=O) groups is 1. The van der Waals surface area contributed by atoms with Gasteiger partial charge in [0.15, 0.2) is 9.84 Å². The first-order valence-electron chi connectivity index (χ1n) is 10.1. The van der Waals surface area contributed by atoms with Crippen LogP contribution in [0.2, 0.25) is 0 Å². The Kier molecular flexibility index (Phi) is 6.63. The van der Waals surface area contributed by atoms with Crippen molar-refractivity contribution in [3.63, 3.8) is 0 Å². The Morgan fingerprint density at radius 3 is 2.28 bits per heavy atom. The zero-order chi connectivity index (χ0) is 21.0. The van der Waals surface area contributed by atoms with Gasteiger partial charge in [0.25, 0.3) is 0 Å². The normalized spacial score (nSPS) is 15.3. The molecule has 0 N–H and O–H groups in total. The predicted molar refractivity (Wildman–Crippen MR) is 114 cm³/mol. The number of amides is 1. The fourth-order valence-electron chi connectivity index (χ4n) is 3.45. The number of ether oxygens (including phenoxy) is 1. The fourth-order valence-corrected chi connectivity index (χ4v) is 4.68. The number of piperidine rings is 1. The molecule has 1 aliphatic rings. The van der Waals surface area contributed by atoms with Gasteiger partial charge in [-0.1, -0.05) is 23.8 Å². The molecule has 1 heterocycles. The second kappa shape index (κ2) is 8.99. The quantitative estimate of drug-likeness (QED) is 0.719. The second-order valence-corrected chi connectivity index (χ2v) is 9.94. The molecule has 1 amide bonds. The molecule has 5 nitrogen and oxygen atoms in total. The van der Waals surface area contributed by atoms with Crippen LogP contribution < -0.4 is 4.74 Å². The van der Waals surface area contributed by atoms with Gasteiger partial charge in [0.1, 0.15) is 11.9 Å². The Hall–Kier alpha value is -2.34. The molecule has 156 valence electrons. The van der Waals surface area contributed by atoms with E-state index in [0.717, 1.165) is 24.2 Å². The molecule has 2 aromatic carbocycles. The van der Waals surface area contributed by atoms with Crippen molar-refractivity contribution in [2.24, 2.45) is 0 Å². The Bertz CT molecular complexity index is 959. The van der Waals surface area contributed by atoms with Gasteiger partial charge in [-0.3, -0.25) is 4.79 Å². The number of aryl methyl sites for hydroxylation is 3. The summed E-state index contributed by atoms with van der Waals surface area (Å²) in [7, 11) is -3.44. The number of rotatable bonds is 6. The lowest BCUT2D eigenvalue weighted by molar-refractivity contribution is -0.132. The summed E-state index contributed by atoms with van der Waals surface area (Å²) in [5, 5.41) is 0. The SMILES string of the molecule is Cc1ccc(S(=O)(=O)CCC(=O)N2CCC(Oc3ccc(C)c(C)c3)CC2)cc1. The summed E-state index contributed by atoms with van der Waals surface area (Å²) < 4.78 is 31.0. The van der Waals surface area contributed by atoms with Gasteiger partial charge in [0.2, 0.25) is 5.91 Å². The first kappa shape index (κ1) is 21.4. The van der Waals surface area contributed by atoms with E-state index in [-0.39, 0.29) is 29.1 Å². The Labute approximate surface area is 173 Å². The van der Waals surface area contributed by atoms with Crippen LogP contribution in [0, 0.1) is 20.8 Å². The van der Waals surface area contributed by atoms with Gasteiger partial charge < -0.3 is 9.64 Å². The highest BCUT2D eigenvalue weighted by molar-refractivity contribution is 7.91. The van der Waals surface area contributed by atoms with Crippen molar-refractivity contribution in [2.45, 2.75) is 51.0 Å². The van der Waals surface area contributed by atoms with Crippen molar-refractivity contribution >= 4 is 15.7 Å². The minimum absolute atomic E-state index is 0.0128. The van der Waals surface area contributed by atoms with Gasteiger partial charge in [0, 0.05) is 32.4 Å². The van der Waals surface area contributed by atoms with Gasteiger partial charge in [-0.25, -0.2) is 8.42 Å². The van der Waals surface area contributed by atoms with Gasteiger partial charge in [-0.2, -0.15) is 0 Å². The molecule has 0 radical (unpaired) electrons. The van der Waals surface area contributed by atoms with E-state index in [1.54, 1.807) is 29.2 Å². The van der Waals surface area contributed by atoms with Crippen molar-refractivity contribution in [3.8, 4) is 5.75 Å². The average Bonchev–Trinajstić information content (AvgIpc) is 2.70. The Morgan fingerprint density at radius 1 is 1.00 bits per heavy atom. The van der Waals surface area contributed by atoms with Crippen LogP contribution in [0.1, 0.15) is 36.0 Å². The molecule has 29 heavy (non-hydrogen) atoms. The van der Waals surface area contributed by atoms with E-state index in [0.29, 0.717) is 13.1 Å². The highest BCUT2D eigenvalue weighted by Gasteiger charge is 2.25. The van der Waals surface area contributed by atoms with Gasteiger partial charge >= 0.3 is 0 Å². The zero-order valence-electron chi connectivity index (χ0n) is 17.3. The lowest BCUT2D eigenvalue weighted by atomic mass is 10.1. The second-order valence-electron chi connectivity index (χ2n) is 7.83. The maximum absolute atomic E-state index is 12.5. The average molecular weight is 416 g/mol. The van der Waals surface area contributed by atoms with Gasteiger partial charge in [0.05, 0.1) is 10.6 Å². The van der Waals surface area contributed by atoms with Crippen molar-refractivity contribution < 1.29 is 17.9 Å². The number of hydrogen-bond acceptors (Lipinski definition) is 4. The van der Waals surface area contributed by atoms with E-state index in [9.17, 15) is 13.2 Å². The highest BCUT2D eigenvalue weighted by Crippen LogP contribution is 2.22. The molecule has 2 aromatic rings. The highest BCUT2D eigenvalue weighted by atomic mass is 32.2. The molecule has 0 unspecified atom stereocenters. The molecule has 0 bridgehead atoms. The number of benzene rings is 2. The lowest BCUT2D eigenvalue weighted by Gasteiger charge is -2.32. The first-order chi connectivity index (χ1) is 13.7. The van der Waals surface area contributed by atoms with Crippen LogP contribution in [0.5, 0.6) is 5.75 Å². The van der Waals surface area contributed by atoms with Crippen LogP contribution in [0.15, 0.2) is 47.4 Å². The smallest absolute Gasteiger partial charge is 0.223 e. The summed E-state index contributed by atoms with van der Waals surface area (Å²) in [6.07, 6.45) is 1.60. The lowest BCUT2D eigenvalue weighted by Crippen LogP contribution is -2.42. The summed E-state index contributed by atoms with van der Waals surface area (Å²) in [5.74, 6) is 0.598. The van der Waals surface area contributed by atoms with Crippen LogP contribution in [0.3, 0.4) is 0 Å². The van der Waals surface area contributed by atoms with E-state index < -0.39 is 9.84 Å². The number of hydrogen-bond donors (Lipinski definition) is 0. The molecule has 0 spiro atoms. The molecule has 0 saturated carbocycles. The van der Waals surface area contributed by atoms with Crippen molar-refractivity contribution in [1.82, 2.24) is 4.90 Å². The van der Waals surface area contributed by atoms with E-state index in [1.807, 2.05) is 19.1 Å². The van der Waals surface area contributed by atoms with Crippen molar-refractivity contribution in [1.29, 1.82) is 0 Å². The maximum Gasteiger partial charge on any atom is 0.223 e. The summed E-state index contributed by atoms with van der Waals surface area (Å²) in [5.41, 5.74) is 3.44. The summed E-state index contributed by atoms with van der Waals surface area (Å²) in [6, 6.07) is 12.8. The van der Waals surface area contributed by atoms with E-state index >= 15 is 0 Å². The van der Waals surface area contributed by atoms with Crippen molar-refractivity contribution in [2.75, 3.05) is 18.8 Å². The van der Waals surface area contributed by atoms with Gasteiger partial charge in [-0.05, 0) is 56.2 Å². The van der Waals surface area contributed by atoms with Gasteiger partial charge in [-0.15, -0.1) is 0 Å². The third kappa shape index (κ3) is 5.60. The third-order valence-electron chi connectivity index (χ3n) is 5.54. The topological polar surface area (TPSA) is 63.7 Å². The predicted octanol–water partition coefficient (Wildman–Crippen LogP) is 3.85. The first-order valence-corrected chi connectivity index (χ1v) is 11.7. The molecular formula is C23H29NO4S. The minimum Gasteiger partial charge on any atom is -0.490 e. The number of likely N-dealkylation sites (tertiary alicyclic amines) is 1. The minimum atomic E-state index is -3.44. The monoisotopic (exact) mass is 415 g/mol. The van der Waals surface area contributed by atoms with E-state index in [4.69, 9.17) is 4.74 Å². The summed E-state index contributed by atoms with van der Waals surface area (Å²) in [6.45, 7) is 7.24. The van der Waals surface area contributed by atoms with Crippen LogP contribution in [-0.4, -0.2) is 44.2 Å². The molecule has 0 aromatic heterocycles. The molecule has 1 aliphatic heterocycles. The molecular weight excluding hydrogens is 386 g/mol. The summed E-state index contributed by atoms with van der Waals surface area (Å²) >= 11 is 0. The maximum atomic E-state index is 12.5. The van der Waals surface area contributed by atoms with E-state index in [2.05, 4.69) is 19.9 Å². The third-order valence-corrected chi connectivity index (χ3v) is 7.27. The molecule has 1 fully saturated rings. The van der Waals surface area contributed by atoms with Crippen LogP contribution in [0.25, 0.3) is 0 Å². The van der Waals surface area contributed by atoms with Crippen LogP contribution in [-0.2, 0) is 14.6 Å². The number of nitrogens with zero attached hydrogens (tertiary/aromatic N) is 1. The Morgan fingerprint density at radius 2 is 1.66 bits per heavy atom. The molecule has 0 aliphatic carbocycles. The van der Waals surface area contributed by atoms with Crippen LogP contribution >= 0.6 is 0 Å². The standard InChI is InChI=1S/C23H29NO4S/c1-17-4-8-22(9-5-17)29(26,27)15-12-23(25)24-13-10-20(11-14-24)28-21-7-6-18(2)19(3)16-21/h4-9,16,20H,10-15H2,1-3H3. The fraction of sp³-hybridized carbons (Fsp3) is 0.435. The van der Waals surface area contributed by atoms with Crippen LogP contribution in [0.4, 0.5) is 0 Å². The molecule has 6 heteroatoms. The van der Waals surface area contributed by atoms with Crippen molar-refractivity contribution in [3.05, 3.63) is 59.2 Å². The molecule has 1 saturated heterocycles. The number of sulfone groups is 1. The summed E-state index contributed by atoms with van der Waals surface area (Å²) in [4.78, 5) is 14.5. The number of carbonyl (C=O) groups excluding carboxylic acids is 1. The molecule has 3 rings (SSSR count). The zero-order valence-corrected chi connectivity index (χ0v) is 18.2.